The van der Waals surface area contributed by atoms with Gasteiger partial charge in [-0.15, -0.1) is 0 Å². The molecule has 2 nitrogen and oxygen atoms in total. The Bertz CT molecular complexity index is 712. The maximum absolute atomic E-state index is 4.88. The van der Waals surface area contributed by atoms with Gasteiger partial charge in [-0.3, -0.25) is 4.98 Å². The van der Waals surface area contributed by atoms with E-state index in [1.54, 1.807) is 0 Å². The van der Waals surface area contributed by atoms with Gasteiger partial charge in [0.2, 0.25) is 0 Å². The van der Waals surface area contributed by atoms with E-state index in [2.05, 4.69) is 42.2 Å². The van der Waals surface area contributed by atoms with Crippen LogP contribution >= 0.6 is 0 Å². The van der Waals surface area contributed by atoms with Crippen LogP contribution in [-0.2, 0) is 6.42 Å². The van der Waals surface area contributed by atoms with Gasteiger partial charge in [0, 0.05) is 17.0 Å². The van der Waals surface area contributed by atoms with Crippen molar-refractivity contribution in [2.75, 3.05) is 0 Å². The monoisotopic (exact) mass is 280 g/mol. The van der Waals surface area contributed by atoms with Gasteiger partial charge in [0.05, 0.1) is 16.7 Å². The van der Waals surface area contributed by atoms with Crippen LogP contribution in [0.25, 0.3) is 21.8 Å². The van der Waals surface area contributed by atoms with Gasteiger partial charge in [-0.25, -0.2) is 0 Å². The summed E-state index contributed by atoms with van der Waals surface area (Å²) in [7, 11) is 0. The van der Waals surface area contributed by atoms with E-state index in [0.29, 0.717) is 0 Å². The summed E-state index contributed by atoms with van der Waals surface area (Å²) >= 11 is 0. The number of hydrogen-bond acceptors (Lipinski definition) is 1. The van der Waals surface area contributed by atoms with Gasteiger partial charge in [0.1, 0.15) is 0 Å². The second-order valence-corrected chi connectivity index (χ2v) is 5.86. The second-order valence-electron chi connectivity index (χ2n) is 5.86. The van der Waals surface area contributed by atoms with Crippen molar-refractivity contribution in [3.05, 3.63) is 42.2 Å². The van der Waals surface area contributed by atoms with Crippen LogP contribution in [0.3, 0.4) is 0 Å². The SMILES string of the molecule is CCCCCCCCc1nc2ccccc2c2cc[nH]c12. The van der Waals surface area contributed by atoms with Crippen molar-refractivity contribution >= 4 is 21.8 Å². The number of aromatic nitrogens is 2. The number of benzene rings is 1. The molecule has 0 radical (unpaired) electrons. The topological polar surface area (TPSA) is 28.7 Å². The number of aryl methyl sites for hydroxylation is 1. The van der Waals surface area contributed by atoms with Crippen LogP contribution in [0, 0.1) is 0 Å². The molecule has 3 aromatic rings. The average molecular weight is 280 g/mol. The molecule has 2 heterocycles. The van der Waals surface area contributed by atoms with Crippen molar-refractivity contribution in [3.8, 4) is 0 Å². The molecule has 3 rings (SSSR count). The van der Waals surface area contributed by atoms with Crippen LogP contribution in [0.2, 0.25) is 0 Å². The Morgan fingerprint density at radius 2 is 1.71 bits per heavy atom. The second kappa shape index (κ2) is 6.75. The molecular weight excluding hydrogens is 256 g/mol. The standard InChI is InChI=1S/C19H24N2/c1-2-3-4-5-6-7-12-18-19-16(13-14-20-19)15-10-8-9-11-17(15)21-18/h8-11,13-14,20H,2-7,12H2,1H3. The van der Waals surface area contributed by atoms with Gasteiger partial charge in [-0.05, 0) is 25.0 Å². The Kier molecular flexibility index (Phi) is 4.54. The third kappa shape index (κ3) is 3.10. The van der Waals surface area contributed by atoms with Crippen molar-refractivity contribution in [2.45, 2.75) is 51.9 Å². The van der Waals surface area contributed by atoms with Crippen molar-refractivity contribution in [1.82, 2.24) is 9.97 Å². The van der Waals surface area contributed by atoms with Gasteiger partial charge in [0.25, 0.3) is 0 Å². The van der Waals surface area contributed by atoms with Gasteiger partial charge < -0.3 is 4.98 Å². The summed E-state index contributed by atoms with van der Waals surface area (Å²) in [5.74, 6) is 0. The molecule has 0 aliphatic carbocycles. The van der Waals surface area contributed by atoms with Crippen LogP contribution < -0.4 is 0 Å². The number of pyridine rings is 1. The number of aromatic amines is 1. The van der Waals surface area contributed by atoms with Crippen LogP contribution in [0.1, 0.15) is 51.1 Å². The first-order valence-corrected chi connectivity index (χ1v) is 8.25. The molecule has 110 valence electrons. The third-order valence-corrected chi connectivity index (χ3v) is 4.25. The first kappa shape index (κ1) is 14.1. The number of fused-ring (bicyclic) bond motifs is 3. The van der Waals surface area contributed by atoms with Gasteiger partial charge >= 0.3 is 0 Å². The molecule has 2 aromatic heterocycles. The highest BCUT2D eigenvalue weighted by Gasteiger charge is 2.08. The normalized spacial score (nSPS) is 11.5. The zero-order valence-electron chi connectivity index (χ0n) is 12.9. The lowest BCUT2D eigenvalue weighted by atomic mass is 10.0. The number of unbranched alkanes of at least 4 members (excludes halogenated alkanes) is 5. The number of para-hydroxylation sites is 1. The molecule has 0 bridgehead atoms. The fourth-order valence-corrected chi connectivity index (χ4v) is 3.09. The lowest BCUT2D eigenvalue weighted by molar-refractivity contribution is 0.606. The highest BCUT2D eigenvalue weighted by atomic mass is 14.8. The summed E-state index contributed by atoms with van der Waals surface area (Å²) in [6, 6.07) is 10.6. The molecule has 0 fully saturated rings. The fourth-order valence-electron chi connectivity index (χ4n) is 3.09. The molecule has 0 saturated carbocycles. The third-order valence-electron chi connectivity index (χ3n) is 4.25. The van der Waals surface area contributed by atoms with E-state index in [1.165, 1.54) is 60.5 Å². The summed E-state index contributed by atoms with van der Waals surface area (Å²) in [6.45, 7) is 2.26. The van der Waals surface area contributed by atoms with E-state index in [0.717, 1.165) is 11.9 Å². The Labute approximate surface area is 126 Å². The molecule has 0 amide bonds. The van der Waals surface area contributed by atoms with E-state index >= 15 is 0 Å². The Hall–Kier alpha value is -1.83. The molecule has 21 heavy (non-hydrogen) atoms. The largest absolute Gasteiger partial charge is 0.360 e. The number of nitrogens with one attached hydrogen (secondary N) is 1. The Morgan fingerprint density at radius 3 is 2.62 bits per heavy atom. The van der Waals surface area contributed by atoms with E-state index in [-0.39, 0.29) is 0 Å². The van der Waals surface area contributed by atoms with E-state index in [9.17, 15) is 0 Å². The summed E-state index contributed by atoms with van der Waals surface area (Å²) in [5, 5.41) is 2.56. The lowest BCUT2D eigenvalue weighted by Gasteiger charge is -2.06. The van der Waals surface area contributed by atoms with E-state index in [4.69, 9.17) is 4.98 Å². The van der Waals surface area contributed by atoms with Crippen LogP contribution in [0.5, 0.6) is 0 Å². The smallest absolute Gasteiger partial charge is 0.0713 e. The average Bonchev–Trinajstić information content (AvgIpc) is 3.00. The molecule has 0 spiro atoms. The quantitative estimate of drug-likeness (QED) is 0.559. The first-order chi connectivity index (χ1) is 10.4. The number of hydrogen-bond donors (Lipinski definition) is 1. The first-order valence-electron chi connectivity index (χ1n) is 8.25. The molecular formula is C19H24N2. The van der Waals surface area contributed by atoms with Crippen molar-refractivity contribution < 1.29 is 0 Å². The highest BCUT2D eigenvalue weighted by molar-refractivity contribution is 6.05. The van der Waals surface area contributed by atoms with Crippen LogP contribution in [-0.4, -0.2) is 9.97 Å². The molecule has 2 heteroatoms. The zero-order valence-corrected chi connectivity index (χ0v) is 12.9. The molecule has 0 aliphatic heterocycles. The molecule has 0 aliphatic rings. The minimum Gasteiger partial charge on any atom is -0.360 e. The maximum atomic E-state index is 4.88. The molecule has 1 aromatic carbocycles. The van der Waals surface area contributed by atoms with Crippen molar-refractivity contribution in [1.29, 1.82) is 0 Å². The minimum absolute atomic E-state index is 1.08. The molecule has 1 N–H and O–H groups in total. The zero-order chi connectivity index (χ0) is 14.5. The lowest BCUT2D eigenvalue weighted by Crippen LogP contribution is -1.94. The Balaban J connectivity index is 1.76. The highest BCUT2D eigenvalue weighted by Crippen LogP contribution is 2.26. The molecule has 0 saturated heterocycles. The summed E-state index contributed by atoms with van der Waals surface area (Å²) in [6.07, 6.45) is 11.1. The Morgan fingerprint density at radius 1 is 0.905 bits per heavy atom. The number of nitrogens with zero attached hydrogens (tertiary/aromatic N) is 1. The summed E-state index contributed by atoms with van der Waals surface area (Å²) < 4.78 is 0. The number of H-pyrrole nitrogens is 1. The summed E-state index contributed by atoms with van der Waals surface area (Å²) in [5.41, 5.74) is 3.57. The van der Waals surface area contributed by atoms with Crippen LogP contribution in [0.15, 0.2) is 36.5 Å². The van der Waals surface area contributed by atoms with Crippen LogP contribution in [0.4, 0.5) is 0 Å². The number of rotatable bonds is 7. The molecule has 0 atom stereocenters. The predicted octanol–water partition coefficient (Wildman–Crippen LogP) is 5.62. The van der Waals surface area contributed by atoms with Crippen molar-refractivity contribution in [3.63, 3.8) is 0 Å². The van der Waals surface area contributed by atoms with Gasteiger partial charge in [-0.2, -0.15) is 0 Å². The van der Waals surface area contributed by atoms with Gasteiger partial charge in [-0.1, -0.05) is 57.2 Å². The maximum Gasteiger partial charge on any atom is 0.0713 e. The van der Waals surface area contributed by atoms with E-state index < -0.39 is 0 Å². The van der Waals surface area contributed by atoms with E-state index in [1.807, 2.05) is 6.20 Å². The van der Waals surface area contributed by atoms with Gasteiger partial charge in [0.15, 0.2) is 0 Å². The summed E-state index contributed by atoms with van der Waals surface area (Å²) in [4.78, 5) is 8.26. The molecule has 0 unspecified atom stereocenters. The fraction of sp³-hybridized carbons (Fsp3) is 0.421. The minimum atomic E-state index is 1.08. The van der Waals surface area contributed by atoms with Crippen molar-refractivity contribution in [2.24, 2.45) is 0 Å². The predicted molar refractivity (Wildman–Crippen MR) is 90.7 cm³/mol.